The van der Waals surface area contributed by atoms with E-state index in [-0.39, 0.29) is 5.43 Å². The molecule has 4 nitrogen and oxygen atoms in total. The normalized spacial score (nSPS) is 19.1. The fourth-order valence-electron chi connectivity index (χ4n) is 3.22. The van der Waals surface area contributed by atoms with Gasteiger partial charge >= 0.3 is 0 Å². The van der Waals surface area contributed by atoms with Crippen LogP contribution in [0.2, 0.25) is 0 Å². The molecule has 0 radical (unpaired) electrons. The Morgan fingerprint density at radius 2 is 1.87 bits per heavy atom. The second-order valence-corrected chi connectivity index (χ2v) is 7.51. The van der Waals surface area contributed by atoms with Crippen LogP contribution in [0.1, 0.15) is 50.8 Å². The number of hydrogen-bond acceptors (Lipinski definition) is 4. The smallest absolute Gasteiger partial charge is 0.200 e. The highest BCUT2D eigenvalue weighted by molar-refractivity contribution is 5.82. The molecule has 4 heteroatoms. The predicted octanol–water partition coefficient (Wildman–Crippen LogP) is 3.78. The van der Waals surface area contributed by atoms with Crippen molar-refractivity contribution in [3.8, 4) is 0 Å². The topological polar surface area (TPSA) is 53.7 Å². The van der Waals surface area contributed by atoms with Gasteiger partial charge < -0.3 is 14.4 Å². The molecule has 2 aromatic rings. The van der Waals surface area contributed by atoms with Gasteiger partial charge in [0.15, 0.2) is 11.3 Å². The van der Waals surface area contributed by atoms with Gasteiger partial charge in [-0.15, -0.1) is 0 Å². The number of fused-ring (bicyclic) bond motifs is 1. The van der Waals surface area contributed by atoms with Gasteiger partial charge in [-0.25, -0.2) is 0 Å². The second-order valence-electron chi connectivity index (χ2n) is 7.51. The lowest BCUT2D eigenvalue weighted by atomic mass is 9.83. The zero-order valence-corrected chi connectivity index (χ0v) is 14.3. The Morgan fingerprint density at radius 3 is 2.48 bits per heavy atom. The van der Waals surface area contributed by atoms with Gasteiger partial charge in [-0.2, -0.15) is 0 Å². The molecule has 23 heavy (non-hydrogen) atoms. The Balaban J connectivity index is 2.09. The van der Waals surface area contributed by atoms with E-state index in [9.17, 15) is 9.90 Å². The number of rotatable bonds is 2. The summed E-state index contributed by atoms with van der Waals surface area (Å²) in [5, 5.41) is 10.6. The lowest BCUT2D eigenvalue weighted by Gasteiger charge is -2.37. The molecule has 1 fully saturated rings. The average Bonchev–Trinajstić information content (AvgIpc) is 2.47. The SMILES string of the molecule is Cc1cc(C(C)O)c2oc(N3CCC(C)(C)CC3)cc(=O)c2c1. The third-order valence-corrected chi connectivity index (χ3v) is 4.87. The van der Waals surface area contributed by atoms with Crippen LogP contribution in [0.3, 0.4) is 0 Å². The standard InChI is InChI=1S/C19H25NO3/c1-12-9-14(13(2)21)18-15(10-12)16(22)11-17(23-18)20-7-5-19(3,4)6-8-20/h9-11,13,21H,5-8H2,1-4H3. The first-order valence-electron chi connectivity index (χ1n) is 8.28. The maximum atomic E-state index is 12.5. The molecule has 1 aliphatic rings. The third-order valence-electron chi connectivity index (χ3n) is 4.87. The lowest BCUT2D eigenvalue weighted by molar-refractivity contribution is 0.199. The molecule has 0 spiro atoms. The maximum absolute atomic E-state index is 12.5. The molecule has 1 N–H and O–H groups in total. The van der Waals surface area contributed by atoms with Crippen molar-refractivity contribution < 1.29 is 9.52 Å². The van der Waals surface area contributed by atoms with E-state index in [4.69, 9.17) is 4.42 Å². The van der Waals surface area contributed by atoms with E-state index in [0.29, 0.717) is 27.8 Å². The first-order valence-corrected chi connectivity index (χ1v) is 8.28. The molecule has 1 aromatic carbocycles. The van der Waals surface area contributed by atoms with Crippen molar-refractivity contribution in [2.45, 2.75) is 46.6 Å². The van der Waals surface area contributed by atoms with Crippen LogP contribution >= 0.6 is 0 Å². The summed E-state index contributed by atoms with van der Waals surface area (Å²) in [6.45, 7) is 9.94. The van der Waals surface area contributed by atoms with Crippen molar-refractivity contribution in [1.29, 1.82) is 0 Å². The molecule has 0 saturated carbocycles. The van der Waals surface area contributed by atoms with Gasteiger partial charge in [-0.05, 0) is 49.8 Å². The lowest BCUT2D eigenvalue weighted by Crippen LogP contribution is -2.37. The number of aliphatic hydroxyl groups excluding tert-OH is 1. The van der Waals surface area contributed by atoms with Crippen molar-refractivity contribution >= 4 is 16.9 Å². The van der Waals surface area contributed by atoms with Crippen LogP contribution in [0.25, 0.3) is 11.0 Å². The molecule has 124 valence electrons. The van der Waals surface area contributed by atoms with E-state index < -0.39 is 6.10 Å². The molecule has 1 aromatic heterocycles. The number of aliphatic hydroxyl groups is 1. The highest BCUT2D eigenvalue weighted by atomic mass is 16.4. The number of anilines is 1. The van der Waals surface area contributed by atoms with Crippen LogP contribution < -0.4 is 10.3 Å². The Morgan fingerprint density at radius 1 is 1.22 bits per heavy atom. The molecule has 1 atom stereocenters. The Labute approximate surface area is 136 Å². The van der Waals surface area contributed by atoms with Crippen LogP contribution in [0, 0.1) is 12.3 Å². The molecule has 3 rings (SSSR count). The molecule has 0 aliphatic carbocycles. The first kappa shape index (κ1) is 16.1. The summed E-state index contributed by atoms with van der Waals surface area (Å²) in [7, 11) is 0. The Kier molecular flexibility index (Phi) is 3.96. The van der Waals surface area contributed by atoms with Gasteiger partial charge in [0.1, 0.15) is 5.58 Å². The van der Waals surface area contributed by atoms with Crippen LogP contribution in [0.4, 0.5) is 5.88 Å². The first-order chi connectivity index (χ1) is 10.8. The quantitative estimate of drug-likeness (QED) is 0.916. The third kappa shape index (κ3) is 3.13. The molecule has 0 amide bonds. The summed E-state index contributed by atoms with van der Waals surface area (Å²) in [5.74, 6) is 0.615. The van der Waals surface area contributed by atoms with Crippen molar-refractivity contribution in [2.75, 3.05) is 18.0 Å². The van der Waals surface area contributed by atoms with Gasteiger partial charge in [0, 0.05) is 24.7 Å². The summed E-state index contributed by atoms with van der Waals surface area (Å²) in [6.07, 6.45) is 1.48. The fraction of sp³-hybridized carbons (Fsp3) is 0.526. The summed E-state index contributed by atoms with van der Waals surface area (Å²) in [4.78, 5) is 14.7. The molecule has 1 saturated heterocycles. The van der Waals surface area contributed by atoms with Gasteiger partial charge in [0.25, 0.3) is 0 Å². The van der Waals surface area contributed by atoms with E-state index >= 15 is 0 Å². The second kappa shape index (κ2) is 5.68. The van der Waals surface area contributed by atoms with Crippen LogP contribution in [0.5, 0.6) is 0 Å². The number of aryl methyl sites for hydroxylation is 1. The summed E-state index contributed by atoms with van der Waals surface area (Å²) in [6, 6.07) is 5.31. The molecular formula is C19H25NO3. The van der Waals surface area contributed by atoms with Crippen LogP contribution in [-0.2, 0) is 0 Å². The highest BCUT2D eigenvalue weighted by Gasteiger charge is 2.27. The molecule has 1 aliphatic heterocycles. The van der Waals surface area contributed by atoms with E-state index in [2.05, 4.69) is 18.7 Å². The van der Waals surface area contributed by atoms with E-state index in [0.717, 1.165) is 31.5 Å². The zero-order chi connectivity index (χ0) is 16.8. The minimum absolute atomic E-state index is 0.0447. The molecular weight excluding hydrogens is 290 g/mol. The minimum atomic E-state index is -0.670. The van der Waals surface area contributed by atoms with Gasteiger partial charge in [0.2, 0.25) is 0 Å². The van der Waals surface area contributed by atoms with Crippen molar-refractivity contribution in [2.24, 2.45) is 5.41 Å². The summed E-state index contributed by atoms with van der Waals surface area (Å²) < 4.78 is 6.06. The number of nitrogens with zero attached hydrogens (tertiary/aromatic N) is 1. The summed E-state index contributed by atoms with van der Waals surface area (Å²) >= 11 is 0. The van der Waals surface area contributed by atoms with Gasteiger partial charge in [-0.3, -0.25) is 4.79 Å². The van der Waals surface area contributed by atoms with E-state index in [1.165, 1.54) is 0 Å². The van der Waals surface area contributed by atoms with Crippen molar-refractivity contribution in [3.63, 3.8) is 0 Å². The largest absolute Gasteiger partial charge is 0.440 e. The monoisotopic (exact) mass is 315 g/mol. The highest BCUT2D eigenvalue weighted by Crippen LogP contribution is 2.33. The fourth-order valence-corrected chi connectivity index (χ4v) is 3.22. The number of hydrogen-bond donors (Lipinski definition) is 1. The van der Waals surface area contributed by atoms with Gasteiger partial charge in [0.05, 0.1) is 11.5 Å². The van der Waals surface area contributed by atoms with Crippen LogP contribution in [0.15, 0.2) is 27.4 Å². The maximum Gasteiger partial charge on any atom is 0.200 e. The van der Waals surface area contributed by atoms with Gasteiger partial charge in [-0.1, -0.05) is 13.8 Å². The molecule has 1 unspecified atom stereocenters. The predicted molar refractivity (Wildman–Crippen MR) is 93.1 cm³/mol. The Bertz CT molecular complexity index is 779. The average molecular weight is 315 g/mol. The number of piperidine rings is 1. The van der Waals surface area contributed by atoms with E-state index in [1.807, 2.05) is 19.1 Å². The molecule has 2 heterocycles. The molecule has 0 bridgehead atoms. The minimum Gasteiger partial charge on any atom is -0.440 e. The summed E-state index contributed by atoms with van der Waals surface area (Å²) in [5.41, 5.74) is 2.44. The van der Waals surface area contributed by atoms with Crippen molar-refractivity contribution in [1.82, 2.24) is 0 Å². The van der Waals surface area contributed by atoms with Crippen LogP contribution in [-0.4, -0.2) is 18.2 Å². The Hall–Kier alpha value is -1.81. The van der Waals surface area contributed by atoms with Crippen molar-refractivity contribution in [3.05, 3.63) is 39.5 Å². The number of benzene rings is 1. The zero-order valence-electron chi connectivity index (χ0n) is 14.3. The van der Waals surface area contributed by atoms with E-state index in [1.54, 1.807) is 13.0 Å².